The molecule has 27 heavy (non-hydrogen) atoms. The number of nitrogens with zero attached hydrogens (tertiary/aromatic N) is 3. The van der Waals surface area contributed by atoms with Gasteiger partial charge in [0, 0.05) is 50.5 Å². The minimum absolute atomic E-state index is 0.0734. The van der Waals surface area contributed by atoms with Crippen molar-refractivity contribution in [1.82, 2.24) is 14.8 Å². The molecule has 0 unspecified atom stereocenters. The summed E-state index contributed by atoms with van der Waals surface area (Å²) in [5.41, 5.74) is 1.70. The summed E-state index contributed by atoms with van der Waals surface area (Å²) in [6, 6.07) is 6.19. The Morgan fingerprint density at radius 2 is 1.96 bits per heavy atom. The summed E-state index contributed by atoms with van der Waals surface area (Å²) in [5.74, 6) is 0.822. The first-order chi connectivity index (χ1) is 13.3. The van der Waals surface area contributed by atoms with Gasteiger partial charge >= 0.3 is 0 Å². The van der Waals surface area contributed by atoms with Crippen molar-refractivity contribution in [3.63, 3.8) is 0 Å². The number of hydrogen-bond acceptors (Lipinski definition) is 6. The molecule has 1 amide bonds. The minimum Gasteiger partial charge on any atom is -0.472 e. The van der Waals surface area contributed by atoms with Crippen molar-refractivity contribution in [1.29, 1.82) is 0 Å². The highest BCUT2D eigenvalue weighted by Gasteiger charge is 2.28. The highest BCUT2D eigenvalue weighted by atomic mass is 16.5. The normalized spacial score (nSPS) is 19.2. The number of anilines is 1. The number of likely N-dealkylation sites (tertiary alicyclic amines) is 1. The number of nitrogens with one attached hydrogen (secondary N) is 1. The van der Waals surface area contributed by atoms with Crippen molar-refractivity contribution in [3.8, 4) is 0 Å². The van der Waals surface area contributed by atoms with Crippen LogP contribution in [-0.2, 0) is 11.3 Å². The zero-order valence-electron chi connectivity index (χ0n) is 15.5. The molecule has 2 aromatic rings. The fourth-order valence-corrected chi connectivity index (χ4v) is 3.77. The second-order valence-electron chi connectivity index (χ2n) is 7.09. The van der Waals surface area contributed by atoms with Gasteiger partial charge in [0.1, 0.15) is 5.82 Å². The Labute approximate surface area is 159 Å². The molecule has 0 aromatic carbocycles. The molecule has 7 nitrogen and oxygen atoms in total. The molecule has 2 aromatic heterocycles. The number of morpholine rings is 1. The average Bonchev–Trinajstić information content (AvgIpc) is 3.27. The standard InChI is InChI=1S/C20H26N4O3/c25-20(24-6-3-18(4-7-24)23-8-11-26-12-9-23)17-1-2-19(22-14-17)21-13-16-5-10-27-15-16/h1-2,5,10,14-15,18H,3-4,6-9,11-13H2,(H,21,22). The molecule has 4 heterocycles. The van der Waals surface area contributed by atoms with Crippen LogP contribution in [-0.4, -0.2) is 66.1 Å². The third-order valence-electron chi connectivity index (χ3n) is 5.38. The van der Waals surface area contributed by atoms with Crippen molar-refractivity contribution < 1.29 is 13.9 Å². The molecule has 0 spiro atoms. The number of furan rings is 1. The van der Waals surface area contributed by atoms with Crippen molar-refractivity contribution in [2.24, 2.45) is 0 Å². The first-order valence-corrected chi connectivity index (χ1v) is 9.62. The number of carbonyl (C=O) groups excluding carboxylic acids is 1. The van der Waals surface area contributed by atoms with E-state index in [2.05, 4.69) is 15.2 Å². The van der Waals surface area contributed by atoms with Gasteiger partial charge in [0.2, 0.25) is 0 Å². The number of ether oxygens (including phenoxy) is 1. The third kappa shape index (κ3) is 4.48. The average molecular weight is 370 g/mol. The molecule has 0 atom stereocenters. The SMILES string of the molecule is O=C(c1ccc(NCc2ccoc2)nc1)N1CCC(N2CCOCC2)CC1. The topological polar surface area (TPSA) is 70.8 Å². The Morgan fingerprint density at radius 3 is 2.63 bits per heavy atom. The molecular weight excluding hydrogens is 344 g/mol. The van der Waals surface area contributed by atoms with E-state index in [1.54, 1.807) is 18.7 Å². The van der Waals surface area contributed by atoms with Crippen molar-refractivity contribution in [2.45, 2.75) is 25.4 Å². The number of carbonyl (C=O) groups is 1. The van der Waals surface area contributed by atoms with Crippen molar-refractivity contribution in [2.75, 3.05) is 44.7 Å². The van der Waals surface area contributed by atoms with E-state index < -0.39 is 0 Å². The molecule has 2 fully saturated rings. The van der Waals surface area contributed by atoms with Gasteiger partial charge in [0.25, 0.3) is 5.91 Å². The molecule has 144 valence electrons. The number of amides is 1. The molecule has 2 aliphatic rings. The van der Waals surface area contributed by atoms with Crippen LogP contribution in [0, 0.1) is 0 Å². The van der Waals surface area contributed by atoms with Crippen LogP contribution in [0.25, 0.3) is 0 Å². The van der Waals surface area contributed by atoms with Crippen LogP contribution >= 0.6 is 0 Å². The maximum absolute atomic E-state index is 12.8. The molecule has 2 saturated heterocycles. The lowest BCUT2D eigenvalue weighted by Crippen LogP contribution is -2.50. The van der Waals surface area contributed by atoms with E-state index in [4.69, 9.17) is 9.15 Å². The van der Waals surface area contributed by atoms with Gasteiger partial charge in [-0.2, -0.15) is 0 Å². The largest absolute Gasteiger partial charge is 0.472 e. The van der Waals surface area contributed by atoms with Crippen molar-refractivity contribution >= 4 is 11.7 Å². The summed E-state index contributed by atoms with van der Waals surface area (Å²) in [6.45, 7) is 5.93. The van der Waals surface area contributed by atoms with E-state index in [1.807, 2.05) is 23.1 Å². The first-order valence-electron chi connectivity index (χ1n) is 9.62. The van der Waals surface area contributed by atoms with Gasteiger partial charge in [0.05, 0.1) is 31.3 Å². The zero-order valence-corrected chi connectivity index (χ0v) is 15.5. The molecule has 0 radical (unpaired) electrons. The lowest BCUT2D eigenvalue weighted by atomic mass is 10.0. The van der Waals surface area contributed by atoms with Gasteiger partial charge in [-0.15, -0.1) is 0 Å². The molecule has 1 N–H and O–H groups in total. The first kappa shape index (κ1) is 18.0. The van der Waals surface area contributed by atoms with Crippen LogP contribution in [0.1, 0.15) is 28.8 Å². The Bertz CT molecular complexity index is 718. The Kier molecular flexibility index (Phi) is 5.69. The Balaban J connectivity index is 1.28. The minimum atomic E-state index is 0.0734. The number of rotatable bonds is 5. The van der Waals surface area contributed by atoms with E-state index in [9.17, 15) is 4.79 Å². The number of piperidine rings is 1. The van der Waals surface area contributed by atoms with Crippen molar-refractivity contribution in [3.05, 3.63) is 48.0 Å². The molecule has 2 aliphatic heterocycles. The maximum atomic E-state index is 12.8. The summed E-state index contributed by atoms with van der Waals surface area (Å²) < 4.78 is 10.5. The highest BCUT2D eigenvalue weighted by Crippen LogP contribution is 2.19. The van der Waals surface area contributed by atoms with Crippen LogP contribution in [0.15, 0.2) is 41.3 Å². The van der Waals surface area contributed by atoms with Gasteiger partial charge in [-0.1, -0.05) is 0 Å². The number of hydrogen-bond donors (Lipinski definition) is 1. The van der Waals surface area contributed by atoms with Gasteiger partial charge < -0.3 is 19.4 Å². The summed E-state index contributed by atoms with van der Waals surface area (Å²) in [7, 11) is 0. The van der Waals surface area contributed by atoms with Gasteiger partial charge in [-0.05, 0) is 31.0 Å². The third-order valence-corrected chi connectivity index (χ3v) is 5.38. The fourth-order valence-electron chi connectivity index (χ4n) is 3.77. The summed E-state index contributed by atoms with van der Waals surface area (Å²) in [4.78, 5) is 21.6. The van der Waals surface area contributed by atoms with E-state index in [1.165, 1.54) is 0 Å². The fraction of sp³-hybridized carbons (Fsp3) is 0.500. The van der Waals surface area contributed by atoms with E-state index >= 15 is 0 Å². The molecule has 0 saturated carbocycles. The van der Waals surface area contributed by atoms with Gasteiger partial charge in [-0.25, -0.2) is 4.98 Å². The second-order valence-corrected chi connectivity index (χ2v) is 7.09. The summed E-state index contributed by atoms with van der Waals surface area (Å²) in [6.07, 6.45) is 7.07. The summed E-state index contributed by atoms with van der Waals surface area (Å²) >= 11 is 0. The monoisotopic (exact) mass is 370 g/mol. The lowest BCUT2D eigenvalue weighted by molar-refractivity contribution is 0.00158. The van der Waals surface area contributed by atoms with Crippen LogP contribution in [0.3, 0.4) is 0 Å². The van der Waals surface area contributed by atoms with Crippen LogP contribution in [0.2, 0.25) is 0 Å². The molecule has 0 bridgehead atoms. The summed E-state index contributed by atoms with van der Waals surface area (Å²) in [5, 5.41) is 3.22. The van der Waals surface area contributed by atoms with Gasteiger partial charge in [0.15, 0.2) is 0 Å². The quantitative estimate of drug-likeness (QED) is 0.870. The zero-order chi connectivity index (χ0) is 18.5. The molecule has 7 heteroatoms. The van der Waals surface area contributed by atoms with Crippen LogP contribution in [0.4, 0.5) is 5.82 Å². The van der Waals surface area contributed by atoms with E-state index in [0.29, 0.717) is 18.2 Å². The highest BCUT2D eigenvalue weighted by molar-refractivity contribution is 5.94. The number of pyridine rings is 1. The van der Waals surface area contributed by atoms with Crippen LogP contribution in [0.5, 0.6) is 0 Å². The predicted molar refractivity (Wildman–Crippen MR) is 102 cm³/mol. The number of aromatic nitrogens is 1. The lowest BCUT2D eigenvalue weighted by Gasteiger charge is -2.40. The van der Waals surface area contributed by atoms with Gasteiger partial charge in [-0.3, -0.25) is 9.69 Å². The molecular formula is C20H26N4O3. The predicted octanol–water partition coefficient (Wildman–Crippen LogP) is 2.22. The molecule has 4 rings (SSSR count). The van der Waals surface area contributed by atoms with E-state index in [0.717, 1.165) is 63.6 Å². The maximum Gasteiger partial charge on any atom is 0.255 e. The van der Waals surface area contributed by atoms with E-state index in [-0.39, 0.29) is 5.91 Å². The smallest absolute Gasteiger partial charge is 0.255 e. The Morgan fingerprint density at radius 1 is 1.15 bits per heavy atom. The van der Waals surface area contributed by atoms with Crippen LogP contribution < -0.4 is 5.32 Å². The molecule has 0 aliphatic carbocycles. The second kappa shape index (κ2) is 8.54. The Hall–Kier alpha value is -2.38.